The first-order valence-electron chi connectivity index (χ1n) is 8.68. The molecule has 1 saturated carbocycles. The fraction of sp³-hybridized carbons (Fsp3) is 0.632. The number of rotatable bonds is 6. The highest BCUT2D eigenvalue weighted by Crippen LogP contribution is 2.35. The van der Waals surface area contributed by atoms with Crippen molar-refractivity contribution in [3.8, 4) is 0 Å². The van der Waals surface area contributed by atoms with Crippen LogP contribution in [0.15, 0.2) is 30.3 Å². The summed E-state index contributed by atoms with van der Waals surface area (Å²) in [5.74, 6) is 0.483. The second-order valence-electron chi connectivity index (χ2n) is 7.24. The van der Waals surface area contributed by atoms with Crippen LogP contribution in [-0.4, -0.2) is 43.5 Å². The average molecular weight is 390 g/mol. The molecule has 0 aliphatic heterocycles. The summed E-state index contributed by atoms with van der Waals surface area (Å²) in [6, 6.07) is 9.81. The third-order valence-corrected chi connectivity index (χ3v) is 5.36. The lowest BCUT2D eigenvalue weighted by Crippen LogP contribution is -2.55. The molecule has 1 aromatic rings. The molecule has 1 amide bonds. The number of carbonyl (C=O) groups is 1. The maximum atomic E-state index is 12.7. The second kappa shape index (κ2) is 11.0. The van der Waals surface area contributed by atoms with Crippen molar-refractivity contribution in [1.82, 2.24) is 10.2 Å². The van der Waals surface area contributed by atoms with Crippen LogP contribution in [0.3, 0.4) is 0 Å². The van der Waals surface area contributed by atoms with E-state index in [2.05, 4.69) is 31.2 Å². The van der Waals surface area contributed by atoms with Crippen LogP contribution in [0.5, 0.6) is 0 Å². The predicted molar refractivity (Wildman–Crippen MR) is 110 cm³/mol. The number of amides is 1. The van der Waals surface area contributed by atoms with Crippen molar-refractivity contribution in [3.05, 3.63) is 35.9 Å². The van der Waals surface area contributed by atoms with Gasteiger partial charge in [-0.1, -0.05) is 50.1 Å². The van der Waals surface area contributed by atoms with Crippen molar-refractivity contribution in [2.45, 2.75) is 44.1 Å². The van der Waals surface area contributed by atoms with Gasteiger partial charge < -0.3 is 16.0 Å². The Bertz CT molecular complexity index is 513. The Hall–Kier alpha value is -0.810. The maximum absolute atomic E-state index is 12.7. The molecule has 1 aliphatic carbocycles. The molecule has 144 valence electrons. The molecule has 0 radical (unpaired) electrons. The lowest BCUT2D eigenvalue weighted by Gasteiger charge is -2.45. The van der Waals surface area contributed by atoms with Crippen molar-refractivity contribution >= 4 is 30.7 Å². The van der Waals surface area contributed by atoms with Gasteiger partial charge in [-0.2, -0.15) is 0 Å². The van der Waals surface area contributed by atoms with Gasteiger partial charge in [-0.05, 0) is 38.4 Å². The molecule has 0 spiro atoms. The summed E-state index contributed by atoms with van der Waals surface area (Å²) in [6.07, 6.45) is 4.80. The van der Waals surface area contributed by atoms with E-state index in [0.29, 0.717) is 19.0 Å². The van der Waals surface area contributed by atoms with Gasteiger partial charge in [-0.15, -0.1) is 24.8 Å². The number of nitrogens with two attached hydrogens (primary N) is 1. The standard InChI is InChI=1S/C19H31N3O.2ClH/c1-15-8-7-11-19(12-15,22(2)3)14-21-18(23)17(13-20)16-9-5-4-6-10-16;;/h4-6,9-10,15,17H,7-8,11-14,20H2,1-3H3,(H,21,23);2*1H. The molecule has 3 atom stereocenters. The summed E-state index contributed by atoms with van der Waals surface area (Å²) in [4.78, 5) is 14.9. The summed E-state index contributed by atoms with van der Waals surface area (Å²) in [5, 5.41) is 3.18. The molecule has 1 aromatic carbocycles. The molecule has 0 aromatic heterocycles. The molecule has 1 fully saturated rings. The Balaban J connectivity index is 0.00000288. The van der Waals surface area contributed by atoms with Gasteiger partial charge >= 0.3 is 0 Å². The molecule has 3 unspecified atom stereocenters. The molecular formula is C19H33Cl2N3O. The van der Waals surface area contributed by atoms with Gasteiger partial charge in [0, 0.05) is 18.6 Å². The molecule has 0 saturated heterocycles. The molecule has 6 heteroatoms. The van der Waals surface area contributed by atoms with Crippen LogP contribution in [-0.2, 0) is 4.79 Å². The molecule has 3 N–H and O–H groups in total. The summed E-state index contributed by atoms with van der Waals surface area (Å²) >= 11 is 0. The molecule has 0 heterocycles. The predicted octanol–water partition coefficient (Wildman–Crippen LogP) is 3.20. The van der Waals surface area contributed by atoms with Gasteiger partial charge in [0.1, 0.15) is 0 Å². The first-order valence-corrected chi connectivity index (χ1v) is 8.68. The molecule has 2 rings (SSSR count). The number of nitrogens with one attached hydrogen (secondary N) is 1. The third-order valence-electron chi connectivity index (χ3n) is 5.36. The van der Waals surface area contributed by atoms with Gasteiger partial charge in [-0.3, -0.25) is 4.79 Å². The number of hydrogen-bond donors (Lipinski definition) is 2. The number of halogens is 2. The van der Waals surface area contributed by atoms with Crippen LogP contribution in [0.1, 0.15) is 44.1 Å². The third kappa shape index (κ3) is 6.14. The number of benzene rings is 1. The van der Waals surface area contributed by atoms with Crippen molar-refractivity contribution in [1.29, 1.82) is 0 Å². The fourth-order valence-corrected chi connectivity index (χ4v) is 3.81. The van der Waals surface area contributed by atoms with Crippen LogP contribution in [0.2, 0.25) is 0 Å². The van der Waals surface area contributed by atoms with Crippen LogP contribution in [0, 0.1) is 5.92 Å². The van der Waals surface area contributed by atoms with Gasteiger partial charge in [0.05, 0.1) is 5.92 Å². The van der Waals surface area contributed by atoms with Crippen molar-refractivity contribution in [3.63, 3.8) is 0 Å². The summed E-state index contributed by atoms with van der Waals surface area (Å²) < 4.78 is 0. The quantitative estimate of drug-likeness (QED) is 0.784. The Labute approximate surface area is 164 Å². The topological polar surface area (TPSA) is 58.4 Å². The van der Waals surface area contributed by atoms with Crippen molar-refractivity contribution < 1.29 is 4.79 Å². The van der Waals surface area contributed by atoms with Gasteiger partial charge in [0.2, 0.25) is 5.91 Å². The fourth-order valence-electron chi connectivity index (χ4n) is 3.81. The first-order chi connectivity index (χ1) is 11.0. The van der Waals surface area contributed by atoms with Gasteiger partial charge in [0.25, 0.3) is 0 Å². The molecule has 4 nitrogen and oxygen atoms in total. The van der Waals surface area contributed by atoms with Crippen LogP contribution in [0.25, 0.3) is 0 Å². The normalized spacial score (nSPS) is 24.0. The monoisotopic (exact) mass is 389 g/mol. The smallest absolute Gasteiger partial charge is 0.228 e. The summed E-state index contributed by atoms with van der Waals surface area (Å²) in [6.45, 7) is 3.35. The number of hydrogen-bond acceptors (Lipinski definition) is 3. The van der Waals surface area contributed by atoms with E-state index in [1.54, 1.807) is 0 Å². The van der Waals surface area contributed by atoms with E-state index >= 15 is 0 Å². The molecule has 25 heavy (non-hydrogen) atoms. The number of likely N-dealkylation sites (N-methyl/N-ethyl adjacent to an activating group) is 1. The zero-order valence-corrected chi connectivity index (χ0v) is 17.2. The highest BCUT2D eigenvalue weighted by molar-refractivity contribution is 5.85. The minimum absolute atomic E-state index is 0. The minimum Gasteiger partial charge on any atom is -0.354 e. The van der Waals surface area contributed by atoms with E-state index < -0.39 is 0 Å². The highest BCUT2D eigenvalue weighted by atomic mass is 35.5. The zero-order chi connectivity index (χ0) is 16.9. The van der Waals surface area contributed by atoms with E-state index in [1.807, 2.05) is 30.3 Å². The number of nitrogens with zero attached hydrogens (tertiary/aromatic N) is 1. The van der Waals surface area contributed by atoms with E-state index in [-0.39, 0.29) is 42.2 Å². The SMILES string of the molecule is CC1CCCC(CNC(=O)C(CN)c2ccccc2)(N(C)C)C1.Cl.Cl. The number of carbonyl (C=O) groups excluding carboxylic acids is 1. The Morgan fingerprint density at radius 2 is 1.96 bits per heavy atom. The first kappa shape index (κ1) is 24.2. The summed E-state index contributed by atoms with van der Waals surface area (Å²) in [7, 11) is 4.25. The molecule has 0 bridgehead atoms. The molecular weight excluding hydrogens is 357 g/mol. The van der Waals surface area contributed by atoms with Gasteiger partial charge in [0.15, 0.2) is 0 Å². The average Bonchev–Trinajstić information content (AvgIpc) is 2.54. The summed E-state index contributed by atoms with van der Waals surface area (Å²) in [5.41, 5.74) is 6.92. The van der Waals surface area contributed by atoms with E-state index in [9.17, 15) is 4.79 Å². The largest absolute Gasteiger partial charge is 0.354 e. The van der Waals surface area contributed by atoms with E-state index in [4.69, 9.17) is 5.73 Å². The second-order valence-corrected chi connectivity index (χ2v) is 7.24. The Kier molecular flexibility index (Phi) is 10.7. The Morgan fingerprint density at radius 3 is 2.48 bits per heavy atom. The Morgan fingerprint density at radius 1 is 1.32 bits per heavy atom. The van der Waals surface area contributed by atoms with Crippen molar-refractivity contribution in [2.75, 3.05) is 27.2 Å². The maximum Gasteiger partial charge on any atom is 0.228 e. The zero-order valence-electron chi connectivity index (χ0n) is 15.5. The lowest BCUT2D eigenvalue weighted by molar-refractivity contribution is -0.123. The highest BCUT2D eigenvalue weighted by Gasteiger charge is 2.37. The minimum atomic E-state index is -0.267. The molecule has 1 aliphatic rings. The lowest BCUT2D eigenvalue weighted by atomic mass is 9.75. The van der Waals surface area contributed by atoms with E-state index in [1.165, 1.54) is 12.8 Å². The van der Waals surface area contributed by atoms with Crippen LogP contribution >= 0.6 is 24.8 Å². The van der Waals surface area contributed by atoms with Crippen LogP contribution in [0.4, 0.5) is 0 Å². The van der Waals surface area contributed by atoms with E-state index in [0.717, 1.165) is 18.4 Å². The van der Waals surface area contributed by atoms with Crippen LogP contribution < -0.4 is 11.1 Å². The van der Waals surface area contributed by atoms with Crippen molar-refractivity contribution in [2.24, 2.45) is 11.7 Å². The van der Waals surface area contributed by atoms with Gasteiger partial charge in [-0.25, -0.2) is 0 Å².